The highest BCUT2D eigenvalue weighted by Gasteiger charge is 2.32. The molecule has 0 atom stereocenters. The smallest absolute Gasteiger partial charge is 0.147 e. The van der Waals surface area contributed by atoms with E-state index in [1.165, 1.54) is 10.4 Å². The summed E-state index contributed by atoms with van der Waals surface area (Å²) in [6, 6.07) is 30.2. The molecule has 0 aliphatic heterocycles. The Labute approximate surface area is 210 Å². The summed E-state index contributed by atoms with van der Waals surface area (Å²) in [6.45, 7) is 8.65. The molecule has 1 aromatic heterocycles. The van der Waals surface area contributed by atoms with Crippen LogP contribution in [0.25, 0.3) is 16.7 Å². The van der Waals surface area contributed by atoms with Crippen molar-refractivity contribution in [1.82, 2.24) is 15.0 Å². The van der Waals surface area contributed by atoms with Gasteiger partial charge in [0.2, 0.25) is 0 Å². The summed E-state index contributed by atoms with van der Waals surface area (Å²) in [5, 5.41) is 21.5. The molecule has 0 amide bonds. The van der Waals surface area contributed by atoms with E-state index in [4.69, 9.17) is 11.6 Å². The quantitative estimate of drug-likeness (QED) is 0.284. The van der Waals surface area contributed by atoms with Crippen LogP contribution in [0, 0.1) is 0 Å². The maximum absolute atomic E-state index is 11.7. The molecule has 0 unspecified atom stereocenters. The van der Waals surface area contributed by atoms with Gasteiger partial charge in [0.15, 0.2) is 0 Å². The van der Waals surface area contributed by atoms with Gasteiger partial charge in [-0.05, 0) is 34.9 Å². The van der Waals surface area contributed by atoms with Gasteiger partial charge in [-0.25, -0.2) is 0 Å². The van der Waals surface area contributed by atoms with Crippen LogP contribution >= 0.6 is 11.6 Å². The summed E-state index contributed by atoms with van der Waals surface area (Å²) in [5.74, 6) is 0.155. The molecule has 0 aliphatic rings. The van der Waals surface area contributed by atoms with Crippen LogP contribution in [0.4, 0.5) is 0 Å². The van der Waals surface area contributed by atoms with Crippen molar-refractivity contribution in [1.29, 1.82) is 0 Å². The Bertz CT molecular complexity index is 1510. The van der Waals surface area contributed by atoms with Crippen LogP contribution < -0.4 is 0 Å². The summed E-state index contributed by atoms with van der Waals surface area (Å²) >= 11 is 6.39. The Morgan fingerprint density at radius 3 is 1.89 bits per heavy atom. The number of hydrogen-bond donors (Lipinski definition) is 1. The van der Waals surface area contributed by atoms with Crippen molar-refractivity contribution in [2.24, 2.45) is 0 Å². The fraction of sp³-hybridized carbons (Fsp3) is 0.200. The van der Waals surface area contributed by atoms with Crippen molar-refractivity contribution in [3.63, 3.8) is 0 Å². The first-order valence-corrected chi connectivity index (χ1v) is 12.1. The van der Waals surface area contributed by atoms with E-state index in [-0.39, 0.29) is 11.2 Å². The van der Waals surface area contributed by atoms with Crippen LogP contribution in [0.2, 0.25) is 5.02 Å². The highest BCUT2D eigenvalue weighted by atomic mass is 35.5. The zero-order valence-corrected chi connectivity index (χ0v) is 21.1. The molecule has 4 aromatic carbocycles. The molecule has 5 rings (SSSR count). The zero-order valence-electron chi connectivity index (χ0n) is 20.3. The van der Waals surface area contributed by atoms with Crippen molar-refractivity contribution in [2.45, 2.75) is 38.5 Å². The van der Waals surface area contributed by atoms with Crippen molar-refractivity contribution >= 4 is 22.6 Å². The van der Waals surface area contributed by atoms with E-state index in [0.717, 1.165) is 16.7 Å². The van der Waals surface area contributed by atoms with E-state index in [2.05, 4.69) is 80.4 Å². The number of phenolic OH excluding ortho intramolecular Hbond substituents is 1. The van der Waals surface area contributed by atoms with Crippen molar-refractivity contribution in [2.75, 3.05) is 0 Å². The lowest BCUT2D eigenvalue weighted by Crippen LogP contribution is -2.24. The number of aromatic nitrogens is 3. The van der Waals surface area contributed by atoms with E-state index in [1.54, 1.807) is 6.07 Å². The van der Waals surface area contributed by atoms with Crippen molar-refractivity contribution < 1.29 is 5.11 Å². The molecule has 1 N–H and O–H groups in total. The zero-order chi connectivity index (χ0) is 24.8. The minimum absolute atomic E-state index is 0.155. The predicted molar refractivity (Wildman–Crippen MR) is 143 cm³/mol. The SMILES string of the molecule is CC(C)(c1ccccc1)c1cc(-n2nc3cccc(Cl)c3n2)c(O)c(C(C)(C)c2ccccc2)c1. The van der Waals surface area contributed by atoms with E-state index in [9.17, 15) is 5.11 Å². The molecule has 0 bridgehead atoms. The molecule has 0 aliphatic carbocycles. The summed E-state index contributed by atoms with van der Waals surface area (Å²) in [7, 11) is 0. The third kappa shape index (κ3) is 3.98. The Balaban J connectivity index is 1.79. The molecule has 0 saturated heterocycles. The monoisotopic (exact) mass is 481 g/mol. The molecule has 1 heterocycles. The molecule has 176 valence electrons. The Morgan fingerprint density at radius 2 is 1.29 bits per heavy atom. The fourth-order valence-electron chi connectivity index (χ4n) is 4.65. The molecule has 0 radical (unpaired) electrons. The van der Waals surface area contributed by atoms with Crippen LogP contribution in [0.15, 0.2) is 91.0 Å². The molecule has 0 spiro atoms. The molecule has 4 nitrogen and oxygen atoms in total. The number of aromatic hydroxyl groups is 1. The average molecular weight is 482 g/mol. The minimum atomic E-state index is -0.465. The van der Waals surface area contributed by atoms with Gasteiger partial charge in [-0.1, -0.05) is 112 Å². The molecular weight excluding hydrogens is 454 g/mol. The second kappa shape index (κ2) is 8.54. The lowest BCUT2D eigenvalue weighted by molar-refractivity contribution is 0.445. The Kier molecular flexibility index (Phi) is 5.65. The number of nitrogens with zero attached hydrogens (tertiary/aromatic N) is 3. The van der Waals surface area contributed by atoms with E-state index >= 15 is 0 Å². The number of rotatable bonds is 5. The molecule has 5 aromatic rings. The fourth-order valence-corrected chi connectivity index (χ4v) is 4.86. The molecule has 5 heteroatoms. The first kappa shape index (κ1) is 23.1. The standard InChI is InChI=1S/C30H28ClN3O/c1-29(2,20-12-7-5-8-13-20)22-18-23(30(3,4)21-14-9-6-10-15-21)28(35)26(19-22)34-32-25-17-11-16-24(31)27(25)33-34/h5-19,35H,1-4H3. The summed E-state index contributed by atoms with van der Waals surface area (Å²) in [4.78, 5) is 1.50. The van der Waals surface area contributed by atoms with Crippen LogP contribution in [0.1, 0.15) is 49.9 Å². The summed E-state index contributed by atoms with van der Waals surface area (Å²) < 4.78 is 0. The van der Waals surface area contributed by atoms with E-state index in [1.807, 2.05) is 42.5 Å². The Hall–Kier alpha value is -3.63. The summed E-state index contributed by atoms with van der Waals surface area (Å²) in [6.07, 6.45) is 0. The largest absolute Gasteiger partial charge is 0.505 e. The topological polar surface area (TPSA) is 50.9 Å². The number of halogens is 1. The molecule has 35 heavy (non-hydrogen) atoms. The number of phenols is 1. The van der Waals surface area contributed by atoms with Gasteiger partial charge < -0.3 is 5.11 Å². The molecule has 0 saturated carbocycles. The third-order valence-corrected chi connectivity index (χ3v) is 7.36. The highest BCUT2D eigenvalue weighted by molar-refractivity contribution is 6.34. The van der Waals surface area contributed by atoms with E-state index in [0.29, 0.717) is 21.7 Å². The molecule has 0 fully saturated rings. The third-order valence-electron chi connectivity index (χ3n) is 7.05. The summed E-state index contributed by atoms with van der Waals surface area (Å²) in [5.41, 5.74) is 5.18. The highest BCUT2D eigenvalue weighted by Crippen LogP contribution is 2.44. The van der Waals surface area contributed by atoms with Crippen LogP contribution in [0.5, 0.6) is 5.75 Å². The van der Waals surface area contributed by atoms with Crippen LogP contribution in [0.3, 0.4) is 0 Å². The predicted octanol–water partition coefficient (Wildman–Crippen LogP) is 7.43. The average Bonchev–Trinajstić information content (AvgIpc) is 3.30. The maximum atomic E-state index is 11.7. The van der Waals surface area contributed by atoms with Gasteiger partial charge >= 0.3 is 0 Å². The van der Waals surface area contributed by atoms with Gasteiger partial charge in [-0.3, -0.25) is 0 Å². The molecular formula is C30H28ClN3O. The van der Waals surface area contributed by atoms with E-state index < -0.39 is 5.41 Å². The number of hydrogen-bond acceptors (Lipinski definition) is 3. The van der Waals surface area contributed by atoms with Crippen LogP contribution in [-0.4, -0.2) is 20.1 Å². The van der Waals surface area contributed by atoms with Crippen molar-refractivity contribution in [3.05, 3.63) is 118 Å². The Morgan fingerprint density at radius 1 is 0.686 bits per heavy atom. The number of benzene rings is 4. The normalized spacial score (nSPS) is 12.3. The van der Waals surface area contributed by atoms with Gasteiger partial charge in [0.05, 0.1) is 5.02 Å². The van der Waals surface area contributed by atoms with Crippen molar-refractivity contribution in [3.8, 4) is 11.4 Å². The lowest BCUT2D eigenvalue weighted by Gasteiger charge is -2.32. The second-order valence-electron chi connectivity index (χ2n) is 9.97. The van der Waals surface area contributed by atoms with Gasteiger partial charge in [-0.15, -0.1) is 15.0 Å². The number of fused-ring (bicyclic) bond motifs is 1. The second-order valence-corrected chi connectivity index (χ2v) is 10.4. The van der Waals surface area contributed by atoms with Gasteiger partial charge in [0, 0.05) is 16.4 Å². The first-order valence-electron chi connectivity index (χ1n) is 11.7. The first-order chi connectivity index (χ1) is 16.7. The van der Waals surface area contributed by atoms with Crippen LogP contribution in [-0.2, 0) is 10.8 Å². The minimum Gasteiger partial charge on any atom is -0.505 e. The lowest BCUT2D eigenvalue weighted by atomic mass is 9.72. The van der Waals surface area contributed by atoms with Gasteiger partial charge in [-0.2, -0.15) is 0 Å². The van der Waals surface area contributed by atoms with Gasteiger partial charge in [0.1, 0.15) is 22.5 Å². The van der Waals surface area contributed by atoms with Gasteiger partial charge in [0.25, 0.3) is 0 Å². The maximum Gasteiger partial charge on any atom is 0.147 e.